The van der Waals surface area contributed by atoms with Crippen LogP contribution in [0.3, 0.4) is 0 Å². The van der Waals surface area contributed by atoms with Gasteiger partial charge in [-0.1, -0.05) is 12.7 Å². The summed E-state index contributed by atoms with van der Waals surface area (Å²) in [4.78, 5) is 0. The summed E-state index contributed by atoms with van der Waals surface area (Å²) in [6.07, 6.45) is 1.17. The molecule has 0 radical (unpaired) electrons. The Hall–Kier alpha value is -1.20. The van der Waals surface area contributed by atoms with Crippen LogP contribution in [-0.2, 0) is 9.47 Å². The molecule has 0 bridgehead atoms. The average Bonchev–Trinajstić information content (AvgIpc) is 2.10. The summed E-state index contributed by atoms with van der Waals surface area (Å²) < 4.78 is 59.2. The van der Waals surface area contributed by atoms with Crippen molar-refractivity contribution < 1.29 is 27.0 Å². The second-order valence-corrected chi connectivity index (χ2v) is 2.61. The van der Waals surface area contributed by atoms with Crippen molar-refractivity contribution in [3.63, 3.8) is 0 Å². The predicted molar refractivity (Wildman–Crippen MR) is 40.1 cm³/mol. The van der Waals surface area contributed by atoms with Crippen molar-refractivity contribution in [2.45, 2.75) is 11.8 Å². The Balaban J connectivity index is 2.94. The molecule has 1 rings (SSSR count). The van der Waals surface area contributed by atoms with Gasteiger partial charge < -0.3 is 9.47 Å². The molecule has 0 heterocycles. The van der Waals surface area contributed by atoms with Crippen molar-refractivity contribution in [3.05, 3.63) is 24.2 Å². The van der Waals surface area contributed by atoms with Crippen LogP contribution in [-0.4, -0.2) is 25.6 Å². The highest BCUT2D eigenvalue weighted by molar-refractivity contribution is 5.36. The van der Waals surface area contributed by atoms with E-state index in [1.54, 1.807) is 0 Å². The summed E-state index contributed by atoms with van der Waals surface area (Å²) in [7, 11) is 0.885. The standard InChI is InChI=1S/C8H8F4O2/c1-3-4-14-6-5(13-2)7(9,10)8(6,11)12/h3H,1,4H2,2H3. The number of alkyl halides is 4. The molecule has 0 saturated carbocycles. The Morgan fingerprint density at radius 1 is 1.21 bits per heavy atom. The molecule has 0 unspecified atom stereocenters. The first-order valence-electron chi connectivity index (χ1n) is 3.68. The van der Waals surface area contributed by atoms with Gasteiger partial charge in [-0.3, -0.25) is 0 Å². The monoisotopic (exact) mass is 212 g/mol. The molecule has 1 aliphatic rings. The third-order valence-corrected chi connectivity index (χ3v) is 1.72. The van der Waals surface area contributed by atoms with Gasteiger partial charge in [0, 0.05) is 0 Å². The van der Waals surface area contributed by atoms with Crippen molar-refractivity contribution in [3.8, 4) is 0 Å². The van der Waals surface area contributed by atoms with E-state index in [0.717, 1.165) is 7.11 Å². The molecule has 0 N–H and O–H groups in total. The van der Waals surface area contributed by atoms with Crippen LogP contribution in [0.4, 0.5) is 17.6 Å². The number of hydrogen-bond acceptors (Lipinski definition) is 2. The number of allylic oxidation sites excluding steroid dienone is 2. The fourth-order valence-electron chi connectivity index (χ4n) is 1.03. The third kappa shape index (κ3) is 1.17. The lowest BCUT2D eigenvalue weighted by Crippen LogP contribution is -2.55. The van der Waals surface area contributed by atoms with E-state index < -0.39 is 23.4 Å². The van der Waals surface area contributed by atoms with Gasteiger partial charge in [0.2, 0.25) is 11.5 Å². The van der Waals surface area contributed by atoms with E-state index in [-0.39, 0.29) is 6.61 Å². The molecule has 0 aromatic carbocycles. The highest BCUT2D eigenvalue weighted by Gasteiger charge is 2.75. The fourth-order valence-corrected chi connectivity index (χ4v) is 1.03. The maximum absolute atomic E-state index is 12.7. The molecule has 0 fully saturated rings. The van der Waals surface area contributed by atoms with Crippen LogP contribution < -0.4 is 0 Å². The molecule has 0 aromatic heterocycles. The SMILES string of the molecule is C=CCOC1=C(OC)C(F)(F)C1(F)F. The van der Waals surface area contributed by atoms with Crippen LogP contribution in [0.25, 0.3) is 0 Å². The van der Waals surface area contributed by atoms with Gasteiger partial charge in [-0.2, -0.15) is 17.6 Å². The fraction of sp³-hybridized carbons (Fsp3) is 0.500. The molecule has 0 amide bonds. The lowest BCUT2D eigenvalue weighted by Gasteiger charge is -2.38. The van der Waals surface area contributed by atoms with Crippen molar-refractivity contribution in [2.75, 3.05) is 13.7 Å². The molecular formula is C8H8F4O2. The van der Waals surface area contributed by atoms with E-state index in [2.05, 4.69) is 16.1 Å². The first-order valence-corrected chi connectivity index (χ1v) is 3.68. The molecule has 6 heteroatoms. The molecular weight excluding hydrogens is 204 g/mol. The molecule has 0 saturated heterocycles. The summed E-state index contributed by atoms with van der Waals surface area (Å²) in [5, 5.41) is 0. The van der Waals surface area contributed by atoms with Crippen molar-refractivity contribution >= 4 is 0 Å². The molecule has 80 valence electrons. The van der Waals surface area contributed by atoms with Crippen LogP contribution >= 0.6 is 0 Å². The third-order valence-electron chi connectivity index (χ3n) is 1.72. The first-order chi connectivity index (χ1) is 6.39. The van der Waals surface area contributed by atoms with Gasteiger partial charge in [-0.05, 0) is 0 Å². The predicted octanol–water partition coefficient (Wildman–Crippen LogP) is 2.33. The van der Waals surface area contributed by atoms with E-state index in [1.807, 2.05) is 0 Å². The summed E-state index contributed by atoms with van der Waals surface area (Å²) >= 11 is 0. The van der Waals surface area contributed by atoms with Gasteiger partial charge in [-0.15, -0.1) is 0 Å². The highest BCUT2D eigenvalue weighted by Crippen LogP contribution is 2.55. The first kappa shape index (κ1) is 10.9. The minimum atomic E-state index is -4.29. The van der Waals surface area contributed by atoms with E-state index in [1.165, 1.54) is 6.08 Å². The topological polar surface area (TPSA) is 18.5 Å². The number of halogens is 4. The second-order valence-electron chi connectivity index (χ2n) is 2.61. The van der Waals surface area contributed by atoms with Crippen LogP contribution in [0.5, 0.6) is 0 Å². The Morgan fingerprint density at radius 2 is 1.71 bits per heavy atom. The second kappa shape index (κ2) is 3.18. The Bertz CT molecular complexity index is 283. The normalized spacial score (nSPS) is 22.6. The van der Waals surface area contributed by atoms with Gasteiger partial charge in [0.25, 0.3) is 0 Å². The zero-order chi connectivity index (χ0) is 11.0. The average molecular weight is 212 g/mol. The van der Waals surface area contributed by atoms with E-state index in [9.17, 15) is 17.6 Å². The molecule has 14 heavy (non-hydrogen) atoms. The number of rotatable bonds is 4. The lowest BCUT2D eigenvalue weighted by atomic mass is 9.94. The number of ether oxygens (including phenoxy) is 2. The van der Waals surface area contributed by atoms with E-state index in [0.29, 0.717) is 0 Å². The minimum absolute atomic E-state index is 0.270. The molecule has 2 nitrogen and oxygen atoms in total. The Labute approximate surface area is 77.8 Å². The van der Waals surface area contributed by atoms with Gasteiger partial charge in [0.15, 0.2) is 0 Å². The van der Waals surface area contributed by atoms with Gasteiger partial charge in [0.1, 0.15) is 6.61 Å². The maximum Gasteiger partial charge on any atom is 0.377 e. The largest absolute Gasteiger partial charge is 0.492 e. The molecule has 0 spiro atoms. The van der Waals surface area contributed by atoms with Crippen molar-refractivity contribution in [1.82, 2.24) is 0 Å². The smallest absolute Gasteiger partial charge is 0.377 e. The molecule has 0 aliphatic heterocycles. The zero-order valence-corrected chi connectivity index (χ0v) is 7.32. The summed E-state index contributed by atoms with van der Waals surface area (Å²) in [6, 6.07) is 0. The van der Waals surface area contributed by atoms with Crippen LogP contribution in [0.15, 0.2) is 24.2 Å². The summed E-state index contributed by atoms with van der Waals surface area (Å²) in [5.41, 5.74) is 0. The van der Waals surface area contributed by atoms with Crippen LogP contribution in [0, 0.1) is 0 Å². The minimum Gasteiger partial charge on any atom is -0.492 e. The highest BCUT2D eigenvalue weighted by atomic mass is 19.3. The zero-order valence-electron chi connectivity index (χ0n) is 7.32. The van der Waals surface area contributed by atoms with E-state index in [4.69, 9.17) is 0 Å². The van der Waals surface area contributed by atoms with Gasteiger partial charge >= 0.3 is 11.8 Å². The van der Waals surface area contributed by atoms with Gasteiger partial charge in [0.05, 0.1) is 7.11 Å². The number of methoxy groups -OCH3 is 1. The maximum atomic E-state index is 12.7. The van der Waals surface area contributed by atoms with Crippen LogP contribution in [0.1, 0.15) is 0 Å². The quantitative estimate of drug-likeness (QED) is 0.526. The van der Waals surface area contributed by atoms with Gasteiger partial charge in [-0.25, -0.2) is 0 Å². The Morgan fingerprint density at radius 3 is 2.14 bits per heavy atom. The van der Waals surface area contributed by atoms with Crippen molar-refractivity contribution in [2.24, 2.45) is 0 Å². The Kier molecular flexibility index (Phi) is 2.47. The molecule has 1 aliphatic carbocycles. The summed E-state index contributed by atoms with van der Waals surface area (Å²) in [6.45, 7) is 2.94. The van der Waals surface area contributed by atoms with E-state index >= 15 is 0 Å². The number of hydrogen-bond donors (Lipinski definition) is 0. The molecule has 0 atom stereocenters. The lowest BCUT2D eigenvalue weighted by molar-refractivity contribution is -0.242. The summed E-state index contributed by atoms with van der Waals surface area (Å²) in [5.74, 6) is -10.8. The molecule has 0 aromatic rings. The van der Waals surface area contributed by atoms with Crippen molar-refractivity contribution in [1.29, 1.82) is 0 Å². The van der Waals surface area contributed by atoms with Crippen LogP contribution in [0.2, 0.25) is 0 Å².